The Hall–Kier alpha value is -1.88. The van der Waals surface area contributed by atoms with Crippen LogP contribution in [0.1, 0.15) is 81.8 Å². The van der Waals surface area contributed by atoms with Gasteiger partial charge in [0, 0.05) is 26.2 Å². The summed E-state index contributed by atoms with van der Waals surface area (Å²) in [5.74, 6) is 0.996. The molecule has 2 amide bonds. The van der Waals surface area contributed by atoms with Gasteiger partial charge in [-0.25, -0.2) is 4.79 Å². The highest BCUT2D eigenvalue weighted by Crippen LogP contribution is 2.36. The molecule has 31 heavy (non-hydrogen) atoms. The number of rotatable bonds is 1. The summed E-state index contributed by atoms with van der Waals surface area (Å²) in [6, 6.07) is 9.68. The minimum absolute atomic E-state index is 0.0963. The first kappa shape index (κ1) is 21.0. The van der Waals surface area contributed by atoms with Crippen LogP contribution in [0.5, 0.6) is 0 Å². The van der Waals surface area contributed by atoms with E-state index in [1.165, 1.54) is 68.9 Å². The molecular weight excluding hydrogens is 384 g/mol. The fraction of sp³-hybridized carbons (Fsp3) is 0.692. The van der Waals surface area contributed by atoms with Crippen LogP contribution in [0.2, 0.25) is 0 Å². The van der Waals surface area contributed by atoms with E-state index in [1.807, 2.05) is 0 Å². The number of amides is 2. The number of nitrogens with zero attached hydrogens (tertiary/aromatic N) is 3. The fourth-order valence-electron chi connectivity index (χ4n) is 6.15. The number of hydrogen-bond acceptors (Lipinski definition) is 3. The van der Waals surface area contributed by atoms with Crippen LogP contribution in [-0.2, 0) is 13.0 Å². The third-order valence-electron chi connectivity index (χ3n) is 7.99. The van der Waals surface area contributed by atoms with Crippen LogP contribution in [-0.4, -0.2) is 52.9 Å². The van der Waals surface area contributed by atoms with Crippen LogP contribution in [0.3, 0.4) is 0 Å². The quantitative estimate of drug-likeness (QED) is 0.700. The van der Waals surface area contributed by atoms with Crippen molar-refractivity contribution in [2.24, 2.45) is 4.99 Å². The number of fused-ring (bicyclic) bond motifs is 7. The zero-order valence-electron chi connectivity index (χ0n) is 19.0. The van der Waals surface area contributed by atoms with E-state index in [0.29, 0.717) is 6.04 Å². The molecule has 1 saturated carbocycles. The lowest BCUT2D eigenvalue weighted by Gasteiger charge is -2.44. The second-order valence-electron chi connectivity index (χ2n) is 10.1. The molecule has 3 fully saturated rings. The van der Waals surface area contributed by atoms with Gasteiger partial charge >= 0.3 is 6.03 Å². The highest BCUT2D eigenvalue weighted by Gasteiger charge is 2.52. The summed E-state index contributed by atoms with van der Waals surface area (Å²) in [5, 5.41) is 3.25. The van der Waals surface area contributed by atoms with Crippen molar-refractivity contribution >= 4 is 11.9 Å². The average Bonchev–Trinajstić information content (AvgIpc) is 3.03. The minimum atomic E-state index is -0.201. The Morgan fingerprint density at radius 1 is 0.903 bits per heavy atom. The molecule has 4 bridgehead atoms. The molecule has 0 aromatic heterocycles. The Morgan fingerprint density at radius 2 is 1.65 bits per heavy atom. The molecule has 168 valence electrons. The zero-order chi connectivity index (χ0) is 21.1. The molecule has 2 saturated heterocycles. The second kappa shape index (κ2) is 9.32. The predicted molar refractivity (Wildman–Crippen MR) is 125 cm³/mol. The van der Waals surface area contributed by atoms with Gasteiger partial charge in [-0.05, 0) is 56.1 Å². The fourth-order valence-corrected chi connectivity index (χ4v) is 6.15. The predicted octanol–water partition coefficient (Wildman–Crippen LogP) is 4.89. The third-order valence-corrected chi connectivity index (χ3v) is 7.99. The number of aliphatic imine (C=N–C) groups is 1. The number of aryl methyl sites for hydroxylation is 1. The van der Waals surface area contributed by atoms with Crippen molar-refractivity contribution < 1.29 is 4.79 Å². The van der Waals surface area contributed by atoms with Gasteiger partial charge in [0.2, 0.25) is 0 Å². The van der Waals surface area contributed by atoms with Crippen molar-refractivity contribution in [3.63, 3.8) is 0 Å². The van der Waals surface area contributed by atoms with Gasteiger partial charge in [0.1, 0.15) is 11.4 Å². The number of carbonyl (C=O) groups excluding carboxylic acids is 1. The van der Waals surface area contributed by atoms with E-state index in [-0.39, 0.29) is 11.6 Å². The van der Waals surface area contributed by atoms with Crippen molar-refractivity contribution in [2.45, 2.75) is 95.2 Å². The number of nitrogens with one attached hydrogen (secondary N) is 1. The van der Waals surface area contributed by atoms with Crippen LogP contribution in [0.4, 0.5) is 4.79 Å². The van der Waals surface area contributed by atoms with Crippen molar-refractivity contribution in [2.75, 3.05) is 19.6 Å². The highest BCUT2D eigenvalue weighted by atomic mass is 16.2. The minimum Gasteiger partial charge on any atom is -0.312 e. The van der Waals surface area contributed by atoms with E-state index in [0.717, 1.165) is 51.3 Å². The molecular formula is C26H38N4O. The first-order valence-electron chi connectivity index (χ1n) is 12.7. The Balaban J connectivity index is 1.40. The average molecular weight is 423 g/mol. The lowest BCUT2D eigenvalue weighted by Crippen LogP contribution is -2.56. The van der Waals surface area contributed by atoms with Crippen LogP contribution in [0, 0.1) is 0 Å². The summed E-state index contributed by atoms with van der Waals surface area (Å²) < 4.78 is 0. The van der Waals surface area contributed by atoms with Crippen molar-refractivity contribution in [1.82, 2.24) is 15.1 Å². The number of benzene rings is 1. The summed E-state index contributed by atoms with van der Waals surface area (Å²) in [7, 11) is 0. The number of carbonyl (C=O) groups is 1. The Bertz CT molecular complexity index is 805. The van der Waals surface area contributed by atoms with Gasteiger partial charge in [-0.3, -0.25) is 15.2 Å². The van der Waals surface area contributed by atoms with Gasteiger partial charge in [0.05, 0.1) is 6.04 Å². The molecule has 0 atom stereocenters. The SMILES string of the molecule is O=C1NC(=NC2CCCCC2)C23CCN(CC2)Cc2cccc(c2)CCCCCCN13. The first-order chi connectivity index (χ1) is 15.2. The van der Waals surface area contributed by atoms with E-state index in [2.05, 4.69) is 39.4 Å². The summed E-state index contributed by atoms with van der Waals surface area (Å²) in [5.41, 5.74) is 2.70. The largest absolute Gasteiger partial charge is 0.323 e. The van der Waals surface area contributed by atoms with Crippen LogP contribution < -0.4 is 5.32 Å². The van der Waals surface area contributed by atoms with E-state index in [9.17, 15) is 4.79 Å². The molecule has 1 spiro atoms. The molecule has 1 aromatic carbocycles. The molecule has 4 heterocycles. The third kappa shape index (κ3) is 4.52. The molecule has 6 rings (SSSR count). The van der Waals surface area contributed by atoms with E-state index >= 15 is 0 Å². The molecule has 0 radical (unpaired) electrons. The van der Waals surface area contributed by atoms with Crippen molar-refractivity contribution in [1.29, 1.82) is 0 Å². The van der Waals surface area contributed by atoms with Gasteiger partial charge in [0.25, 0.3) is 0 Å². The Labute approximate surface area is 187 Å². The number of hydrogen-bond donors (Lipinski definition) is 1. The van der Waals surface area contributed by atoms with Gasteiger partial charge in [-0.1, -0.05) is 56.4 Å². The number of urea groups is 1. The summed E-state index contributed by atoms with van der Waals surface area (Å²) >= 11 is 0. The topological polar surface area (TPSA) is 47.9 Å². The normalized spacial score (nSPS) is 31.7. The maximum Gasteiger partial charge on any atom is 0.323 e. The van der Waals surface area contributed by atoms with Crippen molar-refractivity contribution in [3.8, 4) is 0 Å². The molecule has 5 nitrogen and oxygen atoms in total. The number of piperidine rings is 1. The number of amidine groups is 1. The standard InChI is InChI=1S/C26H38N4O/c31-25-28-24(27-23-12-5-3-6-13-23)26-14-17-29(18-15-26)20-22-11-8-10-21(19-22)9-4-1-2-7-16-30(25)26/h8,10-11,19,23H,1-7,9,12-18,20H2,(H,27,28,31). The van der Waals surface area contributed by atoms with E-state index in [1.54, 1.807) is 0 Å². The van der Waals surface area contributed by atoms with Crippen LogP contribution in [0.15, 0.2) is 29.3 Å². The smallest absolute Gasteiger partial charge is 0.312 e. The Kier molecular flexibility index (Phi) is 6.31. The molecule has 0 unspecified atom stereocenters. The van der Waals surface area contributed by atoms with E-state index in [4.69, 9.17) is 4.99 Å². The molecule has 5 aliphatic rings. The second-order valence-corrected chi connectivity index (χ2v) is 10.1. The van der Waals surface area contributed by atoms with Crippen LogP contribution >= 0.6 is 0 Å². The summed E-state index contributed by atoms with van der Waals surface area (Å²) in [6.07, 6.45) is 14.2. The van der Waals surface area contributed by atoms with Gasteiger partial charge in [0.15, 0.2) is 0 Å². The summed E-state index contributed by atoms with van der Waals surface area (Å²) in [4.78, 5) is 23.0. The maximum absolute atomic E-state index is 13.1. The molecule has 1 N–H and O–H groups in total. The molecule has 1 aliphatic carbocycles. The molecule has 5 heteroatoms. The van der Waals surface area contributed by atoms with Gasteiger partial charge in [-0.15, -0.1) is 0 Å². The zero-order valence-corrected chi connectivity index (χ0v) is 19.0. The van der Waals surface area contributed by atoms with Gasteiger partial charge in [-0.2, -0.15) is 0 Å². The van der Waals surface area contributed by atoms with Crippen molar-refractivity contribution in [3.05, 3.63) is 35.4 Å². The Morgan fingerprint density at radius 3 is 2.48 bits per heavy atom. The lowest BCUT2D eigenvalue weighted by atomic mass is 9.84. The first-order valence-corrected chi connectivity index (χ1v) is 12.7. The summed E-state index contributed by atoms with van der Waals surface area (Å²) in [6.45, 7) is 3.93. The highest BCUT2D eigenvalue weighted by molar-refractivity contribution is 6.10. The van der Waals surface area contributed by atoms with Gasteiger partial charge < -0.3 is 4.90 Å². The van der Waals surface area contributed by atoms with E-state index < -0.39 is 0 Å². The molecule has 4 aliphatic heterocycles. The maximum atomic E-state index is 13.1. The molecule has 1 aromatic rings. The lowest BCUT2D eigenvalue weighted by molar-refractivity contribution is 0.0983. The monoisotopic (exact) mass is 422 g/mol. The van der Waals surface area contributed by atoms with Crippen LogP contribution in [0.25, 0.3) is 0 Å².